The van der Waals surface area contributed by atoms with Gasteiger partial charge in [0.2, 0.25) is 0 Å². The largest absolute Gasteiger partial charge is 0.430 e. The Morgan fingerprint density at radius 2 is 1.11 bits per heavy atom. The molecule has 0 radical (unpaired) electrons. The van der Waals surface area contributed by atoms with Crippen molar-refractivity contribution in [2.45, 2.75) is 88.3 Å². The van der Waals surface area contributed by atoms with Crippen molar-refractivity contribution in [2.24, 2.45) is 0 Å². The topological polar surface area (TPSA) is 18.5 Å². The molecule has 37 heavy (non-hydrogen) atoms. The summed E-state index contributed by atoms with van der Waals surface area (Å²) < 4.78 is 159. The van der Waals surface area contributed by atoms with Crippen LogP contribution in [0.5, 0.6) is 0 Å². The number of hydrogen-bond acceptors (Lipinski definition) is 2. The summed E-state index contributed by atoms with van der Waals surface area (Å²) in [5.41, 5.74) is -5.53. The predicted octanol–water partition coefficient (Wildman–Crippen LogP) is 8.90. The Balaban J connectivity index is 3.98. The van der Waals surface area contributed by atoms with E-state index in [9.17, 15) is 26.3 Å². The summed E-state index contributed by atoms with van der Waals surface area (Å²) in [5, 5.41) is 0. The van der Waals surface area contributed by atoms with Gasteiger partial charge in [0.15, 0.2) is 16.6 Å². The lowest BCUT2D eigenvalue weighted by Gasteiger charge is -2.47. The summed E-state index contributed by atoms with van der Waals surface area (Å²) >= 11 is 0. The van der Waals surface area contributed by atoms with Gasteiger partial charge in [0.1, 0.15) is 0 Å². The van der Waals surface area contributed by atoms with E-state index in [0.29, 0.717) is 5.70 Å². The number of benzene rings is 1. The Kier molecular flexibility index (Phi) is 9.86. The van der Waals surface area contributed by atoms with Gasteiger partial charge in [0.25, 0.3) is 0 Å². The van der Waals surface area contributed by atoms with Gasteiger partial charge in [-0.05, 0) is 50.5 Å². The Morgan fingerprint density at radius 1 is 0.676 bits per heavy atom. The zero-order valence-electron chi connectivity index (χ0n) is 21.6. The molecule has 0 bridgehead atoms. The fourth-order valence-electron chi connectivity index (χ4n) is 3.32. The minimum Gasteiger partial charge on any atom is -0.430 e. The molecule has 0 fully saturated rings. The SMILES string of the molecule is CCCC(F)(F)C(F)(F)C(F)(F)C(F)(F)C(F)(F)[Si](C=Cc1ccccc1)(O[Si](C)(C)C)O[Si](C)(C)C. The summed E-state index contributed by atoms with van der Waals surface area (Å²) in [5.74, 6) is -26.7. The van der Waals surface area contributed by atoms with Crippen molar-refractivity contribution in [2.75, 3.05) is 0 Å². The standard InChI is InChI=1S/C22H32F10O2Si3/c1-8-15-18(23,24)19(25,26)20(27,28)21(29,30)22(31,32)37(33-35(2,3)4,34-36(5,6)7)16-14-17-12-10-9-11-13-17/h9-14,16H,8,15H2,1-7H3. The zero-order chi connectivity index (χ0) is 29.4. The maximum Gasteiger partial charge on any atom is 0.428 e. The van der Waals surface area contributed by atoms with Gasteiger partial charge >= 0.3 is 37.8 Å². The lowest BCUT2D eigenvalue weighted by molar-refractivity contribution is -0.393. The van der Waals surface area contributed by atoms with Gasteiger partial charge in [-0.15, -0.1) is 0 Å². The molecule has 0 saturated carbocycles. The highest BCUT2D eigenvalue weighted by molar-refractivity contribution is 6.92. The molecular formula is C22H32F10O2Si3. The van der Waals surface area contributed by atoms with E-state index in [1.807, 2.05) is 0 Å². The van der Waals surface area contributed by atoms with Crippen molar-refractivity contribution in [1.29, 1.82) is 0 Å². The molecule has 0 atom stereocenters. The second kappa shape index (κ2) is 10.8. The van der Waals surface area contributed by atoms with Crippen LogP contribution >= 0.6 is 0 Å². The molecule has 0 N–H and O–H groups in total. The lowest BCUT2D eigenvalue weighted by atomic mass is 9.96. The average molecular weight is 603 g/mol. The zero-order valence-corrected chi connectivity index (χ0v) is 24.6. The first-order valence-corrected chi connectivity index (χ1v) is 20.0. The molecule has 1 aromatic carbocycles. The molecule has 0 spiro atoms. The van der Waals surface area contributed by atoms with Crippen LogP contribution in [-0.2, 0) is 8.23 Å². The molecule has 15 heteroatoms. The summed E-state index contributed by atoms with van der Waals surface area (Å²) in [6.07, 6.45) is -1.83. The second-order valence-electron chi connectivity index (χ2n) is 10.6. The third kappa shape index (κ3) is 6.89. The van der Waals surface area contributed by atoms with Crippen LogP contribution in [0.15, 0.2) is 36.0 Å². The van der Waals surface area contributed by atoms with Gasteiger partial charge in [-0.2, -0.15) is 43.9 Å². The highest BCUT2D eigenvalue weighted by atomic mass is 28.5. The fourth-order valence-corrected chi connectivity index (χ4v) is 13.9. The first kappa shape index (κ1) is 33.9. The first-order chi connectivity index (χ1) is 16.3. The van der Waals surface area contributed by atoms with Crippen molar-refractivity contribution in [3.8, 4) is 0 Å². The number of alkyl halides is 10. The van der Waals surface area contributed by atoms with Crippen LogP contribution < -0.4 is 0 Å². The van der Waals surface area contributed by atoms with E-state index >= 15 is 17.6 Å². The molecule has 0 saturated heterocycles. The Bertz CT molecular complexity index is 911. The van der Waals surface area contributed by atoms with Crippen LogP contribution in [-0.4, -0.2) is 54.4 Å². The van der Waals surface area contributed by atoms with Crippen LogP contribution in [0.25, 0.3) is 6.08 Å². The molecule has 0 amide bonds. The fraction of sp³-hybridized carbons (Fsp3) is 0.636. The van der Waals surface area contributed by atoms with Gasteiger partial charge in [-0.3, -0.25) is 0 Å². The lowest BCUT2D eigenvalue weighted by Crippen LogP contribution is -2.76. The third-order valence-corrected chi connectivity index (χ3v) is 14.0. The smallest absolute Gasteiger partial charge is 0.428 e. The Labute approximate surface area is 213 Å². The van der Waals surface area contributed by atoms with Crippen molar-refractivity contribution >= 4 is 31.3 Å². The molecule has 0 aromatic heterocycles. The van der Waals surface area contributed by atoms with Crippen LogP contribution in [0.3, 0.4) is 0 Å². The van der Waals surface area contributed by atoms with Gasteiger partial charge in [-0.1, -0.05) is 49.8 Å². The van der Waals surface area contributed by atoms with Crippen LogP contribution in [0.1, 0.15) is 25.3 Å². The van der Waals surface area contributed by atoms with E-state index in [-0.39, 0.29) is 5.56 Å². The first-order valence-electron chi connectivity index (χ1n) is 11.3. The molecule has 0 unspecified atom stereocenters. The highest BCUT2D eigenvalue weighted by Gasteiger charge is 2.90. The summed E-state index contributed by atoms with van der Waals surface area (Å²) in [7, 11) is -12.8. The van der Waals surface area contributed by atoms with E-state index in [1.54, 1.807) is 6.07 Å². The second-order valence-corrected chi connectivity index (χ2v) is 23.0. The van der Waals surface area contributed by atoms with Gasteiger partial charge in [0, 0.05) is 6.42 Å². The third-order valence-electron chi connectivity index (χ3n) is 4.85. The van der Waals surface area contributed by atoms with Gasteiger partial charge < -0.3 is 8.23 Å². The number of rotatable bonds is 13. The Morgan fingerprint density at radius 3 is 1.49 bits per heavy atom. The van der Waals surface area contributed by atoms with Crippen molar-refractivity contribution in [1.82, 2.24) is 0 Å². The van der Waals surface area contributed by atoms with Crippen molar-refractivity contribution in [3.05, 3.63) is 41.6 Å². The molecular weight excluding hydrogens is 570 g/mol. The van der Waals surface area contributed by atoms with Crippen LogP contribution in [0, 0.1) is 0 Å². The van der Waals surface area contributed by atoms with E-state index in [4.69, 9.17) is 8.23 Å². The monoisotopic (exact) mass is 602 g/mol. The molecule has 1 aromatic rings. The van der Waals surface area contributed by atoms with E-state index in [1.165, 1.54) is 63.5 Å². The predicted molar refractivity (Wildman–Crippen MR) is 130 cm³/mol. The molecule has 0 heterocycles. The van der Waals surface area contributed by atoms with Crippen LogP contribution in [0.2, 0.25) is 39.3 Å². The summed E-state index contributed by atoms with van der Waals surface area (Å²) in [4.78, 5) is 0. The van der Waals surface area contributed by atoms with E-state index < -0.39 is 67.3 Å². The van der Waals surface area contributed by atoms with Gasteiger partial charge in [-0.25, -0.2) is 0 Å². The molecule has 214 valence electrons. The summed E-state index contributed by atoms with van der Waals surface area (Å²) in [6, 6.07) is 7.25. The normalized spacial score (nSPS) is 15.5. The number of hydrogen-bond donors (Lipinski definition) is 0. The maximum atomic E-state index is 15.9. The quantitative estimate of drug-likeness (QED) is 0.166. The maximum absolute atomic E-state index is 15.9. The molecule has 0 aliphatic rings. The van der Waals surface area contributed by atoms with Crippen LogP contribution in [0.4, 0.5) is 43.9 Å². The molecule has 0 aliphatic heterocycles. The van der Waals surface area contributed by atoms with Crippen molar-refractivity contribution < 1.29 is 52.1 Å². The molecule has 1 rings (SSSR count). The van der Waals surface area contributed by atoms with E-state index in [0.717, 1.165) is 13.0 Å². The average Bonchev–Trinajstić information content (AvgIpc) is 2.69. The molecule has 0 aliphatic carbocycles. The minimum absolute atomic E-state index is 0.170. The minimum atomic E-state index is -7.17. The summed E-state index contributed by atoms with van der Waals surface area (Å²) in [6.45, 7) is 8.64. The van der Waals surface area contributed by atoms with E-state index in [2.05, 4.69) is 0 Å². The number of halogens is 10. The van der Waals surface area contributed by atoms with Gasteiger partial charge in [0.05, 0.1) is 0 Å². The molecule has 2 nitrogen and oxygen atoms in total. The Hall–Kier alpha value is -1.17. The highest BCUT2D eigenvalue weighted by Crippen LogP contribution is 2.60. The van der Waals surface area contributed by atoms with Crippen molar-refractivity contribution in [3.63, 3.8) is 0 Å².